The minimum atomic E-state index is -0.0964. The molecule has 4 nitrogen and oxygen atoms in total. The van der Waals surface area contributed by atoms with Gasteiger partial charge >= 0.3 is 0 Å². The van der Waals surface area contributed by atoms with Gasteiger partial charge in [-0.1, -0.05) is 26.0 Å². The van der Waals surface area contributed by atoms with Gasteiger partial charge in [-0.3, -0.25) is 4.79 Å². The number of anilines is 1. The molecule has 0 aromatic heterocycles. The van der Waals surface area contributed by atoms with Crippen molar-refractivity contribution in [2.75, 3.05) is 11.9 Å². The molecule has 0 bridgehead atoms. The number of benzene rings is 1. The van der Waals surface area contributed by atoms with Gasteiger partial charge in [0.2, 0.25) is 0 Å². The van der Waals surface area contributed by atoms with Crippen LogP contribution < -0.4 is 10.6 Å². The smallest absolute Gasteiger partial charge is 0.253 e. The molecular formula is C16H26N2O2. The molecule has 1 rings (SSSR count). The first kappa shape index (κ1) is 16.5. The van der Waals surface area contributed by atoms with Gasteiger partial charge in [0.25, 0.3) is 5.91 Å². The maximum atomic E-state index is 12.4. The first-order chi connectivity index (χ1) is 9.45. The number of nitrogens with one attached hydrogen (secondary N) is 2. The van der Waals surface area contributed by atoms with E-state index in [0.717, 1.165) is 5.69 Å². The lowest BCUT2D eigenvalue weighted by atomic mass is 10.0. The maximum Gasteiger partial charge on any atom is 0.253 e. The van der Waals surface area contributed by atoms with Crippen molar-refractivity contribution in [1.29, 1.82) is 0 Å². The first-order valence-corrected chi connectivity index (χ1v) is 7.23. The van der Waals surface area contributed by atoms with Crippen LogP contribution in [0, 0.1) is 5.92 Å². The summed E-state index contributed by atoms with van der Waals surface area (Å²) in [5, 5.41) is 15.4. The van der Waals surface area contributed by atoms with E-state index < -0.39 is 0 Å². The second kappa shape index (κ2) is 7.90. The summed E-state index contributed by atoms with van der Waals surface area (Å²) in [6.07, 6.45) is 0.573. The SMILES string of the molecule is CC(C)Nc1ccccc1C(=O)NC(CCO)C(C)C. The molecule has 20 heavy (non-hydrogen) atoms. The average molecular weight is 278 g/mol. The monoisotopic (exact) mass is 278 g/mol. The van der Waals surface area contributed by atoms with Gasteiger partial charge in [0, 0.05) is 24.4 Å². The second-order valence-electron chi connectivity index (χ2n) is 5.68. The van der Waals surface area contributed by atoms with E-state index in [1.54, 1.807) is 0 Å². The number of hydrogen-bond acceptors (Lipinski definition) is 3. The Morgan fingerprint density at radius 1 is 1.20 bits per heavy atom. The normalized spacial score (nSPS) is 12.6. The third kappa shape index (κ3) is 4.85. The number of carbonyl (C=O) groups is 1. The molecule has 0 aliphatic rings. The molecule has 3 N–H and O–H groups in total. The van der Waals surface area contributed by atoms with Crippen molar-refractivity contribution in [3.05, 3.63) is 29.8 Å². The van der Waals surface area contributed by atoms with Crippen LogP contribution in [0.2, 0.25) is 0 Å². The molecule has 0 radical (unpaired) electrons. The van der Waals surface area contributed by atoms with Crippen molar-refractivity contribution in [2.24, 2.45) is 5.92 Å². The minimum Gasteiger partial charge on any atom is -0.396 e. The summed E-state index contributed by atoms with van der Waals surface area (Å²) < 4.78 is 0. The molecule has 1 atom stereocenters. The van der Waals surface area contributed by atoms with Gasteiger partial charge in [-0.2, -0.15) is 0 Å². The Morgan fingerprint density at radius 2 is 1.85 bits per heavy atom. The second-order valence-corrected chi connectivity index (χ2v) is 5.68. The van der Waals surface area contributed by atoms with E-state index in [-0.39, 0.29) is 30.5 Å². The fourth-order valence-corrected chi connectivity index (χ4v) is 2.08. The number of aliphatic hydroxyl groups excluding tert-OH is 1. The fraction of sp³-hybridized carbons (Fsp3) is 0.562. The molecular weight excluding hydrogens is 252 g/mol. The molecule has 0 fully saturated rings. The summed E-state index contributed by atoms with van der Waals surface area (Å²) in [6.45, 7) is 8.24. The highest BCUT2D eigenvalue weighted by molar-refractivity contribution is 5.99. The zero-order chi connectivity index (χ0) is 15.1. The molecule has 112 valence electrons. The molecule has 0 heterocycles. The molecule has 0 spiro atoms. The summed E-state index contributed by atoms with van der Waals surface area (Å²) in [5.41, 5.74) is 1.48. The lowest BCUT2D eigenvalue weighted by Gasteiger charge is -2.22. The van der Waals surface area contributed by atoms with Gasteiger partial charge in [0.15, 0.2) is 0 Å². The topological polar surface area (TPSA) is 61.4 Å². The van der Waals surface area contributed by atoms with Crippen LogP contribution in [0.3, 0.4) is 0 Å². The minimum absolute atomic E-state index is 0.0143. The summed E-state index contributed by atoms with van der Waals surface area (Å²) in [4.78, 5) is 12.4. The third-order valence-corrected chi connectivity index (χ3v) is 3.18. The van der Waals surface area contributed by atoms with Crippen molar-refractivity contribution < 1.29 is 9.90 Å². The zero-order valence-corrected chi connectivity index (χ0v) is 12.8. The van der Waals surface area contributed by atoms with Crippen LogP contribution in [0.5, 0.6) is 0 Å². The van der Waals surface area contributed by atoms with Gasteiger partial charge < -0.3 is 15.7 Å². The number of aliphatic hydroxyl groups is 1. The Morgan fingerprint density at radius 3 is 2.40 bits per heavy atom. The summed E-state index contributed by atoms with van der Waals surface area (Å²) >= 11 is 0. The van der Waals surface area contributed by atoms with E-state index in [0.29, 0.717) is 12.0 Å². The Kier molecular flexibility index (Phi) is 6.52. The third-order valence-electron chi connectivity index (χ3n) is 3.18. The maximum absolute atomic E-state index is 12.4. The summed E-state index contributed by atoms with van der Waals surface area (Å²) in [6, 6.07) is 7.75. The lowest BCUT2D eigenvalue weighted by Crippen LogP contribution is -2.39. The van der Waals surface area contributed by atoms with Crippen LogP contribution in [-0.4, -0.2) is 29.7 Å². The van der Waals surface area contributed by atoms with Crippen LogP contribution in [0.4, 0.5) is 5.69 Å². The van der Waals surface area contributed by atoms with Gasteiger partial charge in [-0.05, 0) is 38.3 Å². The molecule has 1 unspecified atom stereocenters. The molecule has 1 aromatic rings. The van der Waals surface area contributed by atoms with Gasteiger partial charge in [-0.15, -0.1) is 0 Å². The summed E-state index contributed by atoms with van der Waals surface area (Å²) in [7, 11) is 0. The van der Waals surface area contributed by atoms with E-state index in [1.807, 2.05) is 52.0 Å². The van der Waals surface area contributed by atoms with Crippen molar-refractivity contribution in [2.45, 2.75) is 46.2 Å². The first-order valence-electron chi connectivity index (χ1n) is 7.23. The van der Waals surface area contributed by atoms with Crippen molar-refractivity contribution in [1.82, 2.24) is 5.32 Å². The number of carbonyl (C=O) groups excluding carboxylic acids is 1. The van der Waals surface area contributed by atoms with E-state index in [1.165, 1.54) is 0 Å². The molecule has 0 aliphatic heterocycles. The van der Waals surface area contributed by atoms with Crippen molar-refractivity contribution in [3.8, 4) is 0 Å². The highest BCUT2D eigenvalue weighted by Gasteiger charge is 2.18. The van der Waals surface area contributed by atoms with Crippen LogP contribution in [0.1, 0.15) is 44.5 Å². The Bertz CT molecular complexity index is 430. The fourth-order valence-electron chi connectivity index (χ4n) is 2.08. The van der Waals surface area contributed by atoms with E-state index >= 15 is 0 Å². The standard InChI is InChI=1S/C16H26N2O2/c1-11(2)14(9-10-19)18-16(20)13-7-5-6-8-15(13)17-12(3)4/h5-8,11-12,14,17,19H,9-10H2,1-4H3,(H,18,20). The molecule has 0 aliphatic carbocycles. The van der Waals surface area contributed by atoms with Gasteiger partial charge in [0.05, 0.1) is 5.56 Å². The molecule has 4 heteroatoms. The largest absolute Gasteiger partial charge is 0.396 e. The number of amides is 1. The zero-order valence-electron chi connectivity index (χ0n) is 12.8. The average Bonchev–Trinajstić information content (AvgIpc) is 2.37. The van der Waals surface area contributed by atoms with Crippen LogP contribution in [-0.2, 0) is 0 Å². The van der Waals surface area contributed by atoms with Crippen LogP contribution in [0.25, 0.3) is 0 Å². The number of para-hydroxylation sites is 1. The predicted molar refractivity (Wildman–Crippen MR) is 83.0 cm³/mol. The number of rotatable bonds is 7. The van der Waals surface area contributed by atoms with Gasteiger partial charge in [-0.25, -0.2) is 0 Å². The van der Waals surface area contributed by atoms with Crippen LogP contribution >= 0.6 is 0 Å². The Hall–Kier alpha value is -1.55. The number of hydrogen-bond donors (Lipinski definition) is 3. The van der Waals surface area contributed by atoms with E-state index in [2.05, 4.69) is 10.6 Å². The molecule has 1 aromatic carbocycles. The van der Waals surface area contributed by atoms with Crippen LogP contribution in [0.15, 0.2) is 24.3 Å². The van der Waals surface area contributed by atoms with Crippen molar-refractivity contribution >= 4 is 11.6 Å². The summed E-state index contributed by atoms with van der Waals surface area (Å²) in [5.74, 6) is 0.192. The van der Waals surface area contributed by atoms with E-state index in [9.17, 15) is 4.79 Å². The highest BCUT2D eigenvalue weighted by atomic mass is 16.3. The predicted octanol–water partition coefficient (Wildman–Crippen LogP) is 2.64. The lowest BCUT2D eigenvalue weighted by molar-refractivity contribution is 0.0917. The Labute approximate surface area is 121 Å². The Balaban J connectivity index is 2.85. The quantitative estimate of drug-likeness (QED) is 0.718. The van der Waals surface area contributed by atoms with E-state index in [4.69, 9.17) is 5.11 Å². The molecule has 0 saturated heterocycles. The van der Waals surface area contributed by atoms with Crippen molar-refractivity contribution in [3.63, 3.8) is 0 Å². The van der Waals surface area contributed by atoms with Gasteiger partial charge in [0.1, 0.15) is 0 Å². The molecule has 1 amide bonds. The highest BCUT2D eigenvalue weighted by Crippen LogP contribution is 2.17. The molecule has 0 saturated carbocycles.